The van der Waals surface area contributed by atoms with Crippen LogP contribution in [-0.4, -0.2) is 37.0 Å². The summed E-state index contributed by atoms with van der Waals surface area (Å²) in [6, 6.07) is 0. The maximum absolute atomic E-state index is 10.1. The fourth-order valence-corrected chi connectivity index (χ4v) is 2.83. The third kappa shape index (κ3) is 2.04. The Labute approximate surface area is 90.5 Å². The summed E-state index contributed by atoms with van der Waals surface area (Å²) < 4.78 is 16.2. The monoisotopic (exact) mass is 216 g/mol. The Bertz CT molecular complexity index is 229. The van der Waals surface area contributed by atoms with Gasteiger partial charge in [-0.15, -0.1) is 0 Å². The molecule has 0 aromatic rings. The molecule has 0 aromatic heterocycles. The maximum atomic E-state index is 10.1. The molecule has 0 aromatic carbocycles. The van der Waals surface area contributed by atoms with Gasteiger partial charge in [-0.2, -0.15) is 0 Å². The van der Waals surface area contributed by atoms with Crippen LogP contribution in [0.5, 0.6) is 0 Å². The number of methoxy groups -OCH3 is 1. The summed E-state index contributed by atoms with van der Waals surface area (Å²) in [5.74, 6) is -0.509. The van der Waals surface area contributed by atoms with Gasteiger partial charge in [-0.1, -0.05) is 0 Å². The third-order valence-electron chi connectivity index (χ3n) is 3.72. The molecule has 2 heterocycles. The number of aliphatic hydroxyl groups is 1. The second-order valence-corrected chi connectivity index (χ2v) is 4.70. The normalized spacial score (nSPS) is 51.2. The molecule has 4 heteroatoms. The lowest BCUT2D eigenvalue weighted by molar-refractivity contribution is -0.191. The number of rotatable bonds is 2. The standard InChI is InChI=1S/C11H20O4/c1-7-8(6-10(13-3)15-7)9-4-5-14-11(9,2)12/h7-10,12H,4-6H2,1-3H3/t7-,8+,9+,10+,11+/m1/s1. The van der Waals surface area contributed by atoms with E-state index in [0.717, 1.165) is 12.8 Å². The van der Waals surface area contributed by atoms with E-state index in [1.807, 2.05) is 6.92 Å². The van der Waals surface area contributed by atoms with E-state index in [9.17, 15) is 5.11 Å². The molecular formula is C11H20O4. The molecule has 2 saturated heterocycles. The van der Waals surface area contributed by atoms with Crippen molar-refractivity contribution >= 4 is 0 Å². The summed E-state index contributed by atoms with van der Waals surface area (Å²) in [6.07, 6.45) is 1.76. The highest BCUT2D eigenvalue weighted by Gasteiger charge is 2.48. The lowest BCUT2D eigenvalue weighted by Crippen LogP contribution is -2.38. The van der Waals surface area contributed by atoms with Gasteiger partial charge in [-0.3, -0.25) is 0 Å². The molecule has 0 unspecified atom stereocenters. The van der Waals surface area contributed by atoms with E-state index in [1.54, 1.807) is 14.0 Å². The van der Waals surface area contributed by atoms with Gasteiger partial charge in [0, 0.05) is 19.4 Å². The zero-order chi connectivity index (χ0) is 11.1. The molecular weight excluding hydrogens is 196 g/mol. The van der Waals surface area contributed by atoms with Crippen LogP contribution in [0.4, 0.5) is 0 Å². The van der Waals surface area contributed by atoms with Crippen molar-refractivity contribution in [3.63, 3.8) is 0 Å². The predicted molar refractivity (Wildman–Crippen MR) is 54.1 cm³/mol. The SMILES string of the molecule is CO[C@@H]1C[C@H]([C@@H]2CCO[C@]2(C)O)[C@@H](C)O1. The molecule has 2 fully saturated rings. The molecule has 2 aliphatic heterocycles. The van der Waals surface area contributed by atoms with Crippen molar-refractivity contribution in [2.24, 2.45) is 11.8 Å². The second-order valence-electron chi connectivity index (χ2n) is 4.70. The van der Waals surface area contributed by atoms with Crippen LogP contribution in [0.1, 0.15) is 26.7 Å². The lowest BCUT2D eigenvalue weighted by Gasteiger charge is -2.30. The fourth-order valence-electron chi connectivity index (χ4n) is 2.83. The average molecular weight is 216 g/mol. The highest BCUT2D eigenvalue weighted by atomic mass is 16.7. The first kappa shape index (κ1) is 11.3. The number of hydrogen-bond donors (Lipinski definition) is 1. The van der Waals surface area contributed by atoms with Crippen LogP contribution < -0.4 is 0 Å². The topological polar surface area (TPSA) is 47.9 Å². The molecule has 0 aliphatic carbocycles. The van der Waals surface area contributed by atoms with E-state index >= 15 is 0 Å². The summed E-state index contributed by atoms with van der Waals surface area (Å²) in [5.41, 5.74) is 0. The van der Waals surface area contributed by atoms with E-state index in [-0.39, 0.29) is 18.3 Å². The molecule has 4 nitrogen and oxygen atoms in total. The zero-order valence-corrected chi connectivity index (χ0v) is 9.60. The Kier molecular flexibility index (Phi) is 3.03. The Hall–Kier alpha value is -0.160. The fraction of sp³-hybridized carbons (Fsp3) is 1.00. The first-order valence-electron chi connectivity index (χ1n) is 5.59. The lowest BCUT2D eigenvalue weighted by atomic mass is 9.81. The zero-order valence-electron chi connectivity index (χ0n) is 9.60. The van der Waals surface area contributed by atoms with Crippen LogP contribution >= 0.6 is 0 Å². The van der Waals surface area contributed by atoms with Crippen molar-refractivity contribution in [3.05, 3.63) is 0 Å². The van der Waals surface area contributed by atoms with Gasteiger partial charge in [-0.05, 0) is 26.2 Å². The van der Waals surface area contributed by atoms with E-state index in [4.69, 9.17) is 14.2 Å². The molecule has 88 valence electrons. The van der Waals surface area contributed by atoms with Crippen molar-refractivity contribution in [1.29, 1.82) is 0 Å². The second kappa shape index (κ2) is 4.01. The minimum absolute atomic E-state index is 0.124. The summed E-state index contributed by atoms with van der Waals surface area (Å²) in [7, 11) is 1.66. The molecule has 0 saturated carbocycles. The predicted octanol–water partition coefficient (Wildman–Crippen LogP) is 1.13. The summed E-state index contributed by atoms with van der Waals surface area (Å²) in [4.78, 5) is 0. The smallest absolute Gasteiger partial charge is 0.165 e. The molecule has 2 rings (SSSR count). The van der Waals surface area contributed by atoms with Crippen molar-refractivity contribution in [1.82, 2.24) is 0 Å². The van der Waals surface area contributed by atoms with Crippen molar-refractivity contribution in [2.45, 2.75) is 44.9 Å². The van der Waals surface area contributed by atoms with Gasteiger partial charge >= 0.3 is 0 Å². The number of ether oxygens (including phenoxy) is 3. The molecule has 0 radical (unpaired) electrons. The van der Waals surface area contributed by atoms with Crippen LogP contribution in [0.25, 0.3) is 0 Å². The van der Waals surface area contributed by atoms with Gasteiger partial charge in [0.1, 0.15) is 0 Å². The quantitative estimate of drug-likeness (QED) is 0.751. The summed E-state index contributed by atoms with van der Waals surface area (Å²) >= 11 is 0. The molecule has 15 heavy (non-hydrogen) atoms. The Morgan fingerprint density at radius 1 is 1.47 bits per heavy atom. The van der Waals surface area contributed by atoms with Gasteiger partial charge in [0.2, 0.25) is 0 Å². The Morgan fingerprint density at radius 3 is 2.67 bits per heavy atom. The average Bonchev–Trinajstić information content (AvgIpc) is 2.68. The van der Waals surface area contributed by atoms with Crippen LogP contribution in [-0.2, 0) is 14.2 Å². The Balaban J connectivity index is 2.05. The largest absolute Gasteiger partial charge is 0.365 e. The molecule has 0 spiro atoms. The first-order chi connectivity index (χ1) is 7.04. The minimum atomic E-state index is -0.995. The summed E-state index contributed by atoms with van der Waals surface area (Å²) in [5, 5.41) is 10.1. The van der Waals surface area contributed by atoms with Crippen LogP contribution in [0.3, 0.4) is 0 Å². The van der Waals surface area contributed by atoms with E-state index < -0.39 is 5.79 Å². The molecule has 2 aliphatic rings. The van der Waals surface area contributed by atoms with Crippen molar-refractivity contribution in [3.8, 4) is 0 Å². The first-order valence-corrected chi connectivity index (χ1v) is 5.59. The van der Waals surface area contributed by atoms with E-state index in [2.05, 4.69) is 0 Å². The Morgan fingerprint density at radius 2 is 2.20 bits per heavy atom. The van der Waals surface area contributed by atoms with Gasteiger partial charge in [-0.25, -0.2) is 0 Å². The van der Waals surface area contributed by atoms with Crippen LogP contribution in [0, 0.1) is 11.8 Å². The van der Waals surface area contributed by atoms with Gasteiger partial charge in [0.15, 0.2) is 12.1 Å². The van der Waals surface area contributed by atoms with E-state index in [1.165, 1.54) is 0 Å². The highest BCUT2D eigenvalue weighted by Crippen LogP contribution is 2.43. The summed E-state index contributed by atoms with van der Waals surface area (Å²) in [6.45, 7) is 4.42. The number of hydrogen-bond acceptors (Lipinski definition) is 4. The van der Waals surface area contributed by atoms with Crippen LogP contribution in [0.2, 0.25) is 0 Å². The van der Waals surface area contributed by atoms with Crippen molar-refractivity contribution < 1.29 is 19.3 Å². The van der Waals surface area contributed by atoms with Crippen molar-refractivity contribution in [2.75, 3.05) is 13.7 Å². The van der Waals surface area contributed by atoms with Gasteiger partial charge in [0.25, 0.3) is 0 Å². The third-order valence-corrected chi connectivity index (χ3v) is 3.72. The molecule has 1 N–H and O–H groups in total. The van der Waals surface area contributed by atoms with Gasteiger partial charge in [0.05, 0.1) is 12.7 Å². The maximum Gasteiger partial charge on any atom is 0.165 e. The molecule has 0 amide bonds. The van der Waals surface area contributed by atoms with E-state index in [0.29, 0.717) is 12.5 Å². The molecule has 0 bridgehead atoms. The van der Waals surface area contributed by atoms with Gasteiger partial charge < -0.3 is 19.3 Å². The minimum Gasteiger partial charge on any atom is -0.365 e. The molecule has 5 atom stereocenters. The highest BCUT2D eigenvalue weighted by molar-refractivity contribution is 4.90. The van der Waals surface area contributed by atoms with Crippen LogP contribution in [0.15, 0.2) is 0 Å².